The zero-order valence-electron chi connectivity index (χ0n) is 9.33. The molecule has 88 valence electrons. The van der Waals surface area contributed by atoms with Gasteiger partial charge in [0.15, 0.2) is 0 Å². The van der Waals surface area contributed by atoms with Crippen LogP contribution >= 0.6 is 15.9 Å². The van der Waals surface area contributed by atoms with Gasteiger partial charge in [0.1, 0.15) is 0 Å². The number of fused-ring (bicyclic) bond motifs is 1. The summed E-state index contributed by atoms with van der Waals surface area (Å²) in [4.78, 5) is 26.2. The zero-order chi connectivity index (χ0) is 12.6. The molecule has 2 aromatic rings. The Labute approximate surface area is 106 Å². The van der Waals surface area contributed by atoms with E-state index in [1.54, 1.807) is 13.0 Å². The first kappa shape index (κ1) is 11.9. The first-order valence-corrected chi connectivity index (χ1v) is 5.74. The normalized spacial score (nSPS) is 10.5. The van der Waals surface area contributed by atoms with Crippen LogP contribution in [0, 0.1) is 6.92 Å². The molecule has 1 aromatic carbocycles. The summed E-state index contributed by atoms with van der Waals surface area (Å²) in [5, 5.41) is 0.715. The molecule has 1 aromatic heterocycles. The minimum absolute atomic E-state index is 0.369. The summed E-state index contributed by atoms with van der Waals surface area (Å²) in [7, 11) is 1.19. The highest BCUT2D eigenvalue weighted by molar-refractivity contribution is 9.10. The van der Waals surface area contributed by atoms with Crippen molar-refractivity contribution in [3.63, 3.8) is 0 Å². The number of aromatic amines is 1. The lowest BCUT2D eigenvalue weighted by Crippen LogP contribution is -2.16. The Morgan fingerprint density at radius 1 is 1.35 bits per heavy atom. The lowest BCUT2D eigenvalue weighted by Gasteiger charge is -1.99. The van der Waals surface area contributed by atoms with Crippen molar-refractivity contribution < 1.29 is 14.3 Å². The Morgan fingerprint density at radius 3 is 2.71 bits per heavy atom. The lowest BCUT2D eigenvalue weighted by atomic mass is 10.1. The molecule has 0 radical (unpaired) electrons. The van der Waals surface area contributed by atoms with Gasteiger partial charge in [0, 0.05) is 21.1 Å². The molecule has 0 unspecified atom stereocenters. The maximum absolute atomic E-state index is 11.9. The van der Waals surface area contributed by atoms with Crippen LogP contribution in [0.25, 0.3) is 10.9 Å². The number of aromatic nitrogens is 1. The molecule has 1 N–H and O–H groups in total. The molecular formula is C12H10BrNO3. The number of aryl methyl sites for hydroxylation is 1. The van der Waals surface area contributed by atoms with Gasteiger partial charge in [-0.05, 0) is 25.1 Å². The standard InChI is InChI=1S/C12H10BrNO3/c1-6-10(11(15)12(16)17-2)8-5-7(13)3-4-9(8)14-6/h3-5,14H,1-2H3. The number of hydrogen-bond acceptors (Lipinski definition) is 3. The number of benzene rings is 1. The van der Waals surface area contributed by atoms with Crippen molar-refractivity contribution in [1.29, 1.82) is 0 Å². The zero-order valence-corrected chi connectivity index (χ0v) is 10.9. The predicted molar refractivity (Wildman–Crippen MR) is 67.1 cm³/mol. The van der Waals surface area contributed by atoms with Gasteiger partial charge < -0.3 is 9.72 Å². The van der Waals surface area contributed by atoms with Gasteiger partial charge in [-0.25, -0.2) is 4.79 Å². The molecule has 0 aliphatic rings. The summed E-state index contributed by atoms with van der Waals surface area (Å²) in [5.74, 6) is -1.48. The van der Waals surface area contributed by atoms with Gasteiger partial charge in [0.05, 0.1) is 12.7 Å². The number of esters is 1. The highest BCUT2D eigenvalue weighted by atomic mass is 79.9. The number of ketones is 1. The second-order valence-corrected chi connectivity index (χ2v) is 4.55. The molecule has 0 bridgehead atoms. The lowest BCUT2D eigenvalue weighted by molar-refractivity contribution is -0.135. The molecule has 2 rings (SSSR count). The third-order valence-electron chi connectivity index (χ3n) is 2.55. The second kappa shape index (κ2) is 4.33. The molecule has 17 heavy (non-hydrogen) atoms. The number of ether oxygens (including phenoxy) is 1. The smallest absolute Gasteiger partial charge is 0.379 e. The highest BCUT2D eigenvalue weighted by Crippen LogP contribution is 2.26. The van der Waals surface area contributed by atoms with E-state index in [0.717, 1.165) is 9.99 Å². The molecule has 0 fully saturated rings. The maximum atomic E-state index is 11.9. The average molecular weight is 296 g/mol. The number of rotatable bonds is 2. The Morgan fingerprint density at radius 2 is 2.06 bits per heavy atom. The van der Waals surface area contributed by atoms with Gasteiger partial charge in [0.2, 0.25) is 0 Å². The number of halogens is 1. The summed E-state index contributed by atoms with van der Waals surface area (Å²) in [6, 6.07) is 5.51. The molecule has 0 aliphatic carbocycles. The molecule has 4 nitrogen and oxygen atoms in total. The van der Waals surface area contributed by atoms with E-state index >= 15 is 0 Å². The largest absolute Gasteiger partial charge is 0.463 e. The van der Waals surface area contributed by atoms with E-state index < -0.39 is 11.8 Å². The van der Waals surface area contributed by atoms with Crippen LogP contribution in [-0.4, -0.2) is 23.8 Å². The van der Waals surface area contributed by atoms with Crippen molar-refractivity contribution in [2.24, 2.45) is 0 Å². The monoisotopic (exact) mass is 295 g/mol. The first-order valence-electron chi connectivity index (χ1n) is 4.95. The predicted octanol–water partition coefficient (Wildman–Crippen LogP) is 2.59. The van der Waals surface area contributed by atoms with E-state index in [4.69, 9.17) is 0 Å². The molecule has 1 heterocycles. The Balaban J connectivity index is 2.67. The fourth-order valence-corrected chi connectivity index (χ4v) is 2.15. The number of nitrogens with one attached hydrogen (secondary N) is 1. The Bertz CT molecular complexity index is 615. The van der Waals surface area contributed by atoms with E-state index in [1.807, 2.05) is 12.1 Å². The Hall–Kier alpha value is -1.62. The van der Waals surface area contributed by atoms with Crippen molar-refractivity contribution >= 4 is 38.6 Å². The molecule has 0 saturated carbocycles. The molecule has 0 saturated heterocycles. The molecule has 0 atom stereocenters. The van der Waals surface area contributed by atoms with E-state index in [9.17, 15) is 9.59 Å². The van der Waals surface area contributed by atoms with E-state index in [0.29, 0.717) is 16.6 Å². The van der Waals surface area contributed by atoms with Gasteiger partial charge >= 0.3 is 5.97 Å². The van der Waals surface area contributed by atoms with Crippen molar-refractivity contribution in [1.82, 2.24) is 4.98 Å². The van der Waals surface area contributed by atoms with Gasteiger partial charge in [0.25, 0.3) is 5.78 Å². The van der Waals surface area contributed by atoms with Crippen LogP contribution in [0.15, 0.2) is 22.7 Å². The third-order valence-corrected chi connectivity index (χ3v) is 3.04. The van der Waals surface area contributed by atoms with Crippen molar-refractivity contribution in [3.05, 3.63) is 33.9 Å². The van der Waals surface area contributed by atoms with Crippen LogP contribution in [0.3, 0.4) is 0 Å². The summed E-state index contributed by atoms with van der Waals surface area (Å²) in [6.07, 6.45) is 0. The van der Waals surface area contributed by atoms with Gasteiger partial charge in [-0.2, -0.15) is 0 Å². The summed E-state index contributed by atoms with van der Waals surface area (Å²) >= 11 is 3.34. The second-order valence-electron chi connectivity index (χ2n) is 3.64. The van der Waals surface area contributed by atoms with Crippen LogP contribution in [0.1, 0.15) is 16.1 Å². The number of H-pyrrole nitrogens is 1. The summed E-state index contributed by atoms with van der Waals surface area (Å²) in [5.41, 5.74) is 1.85. The SMILES string of the molecule is COC(=O)C(=O)c1c(C)[nH]c2ccc(Br)cc12. The van der Waals surface area contributed by atoms with Gasteiger partial charge in [-0.1, -0.05) is 15.9 Å². The van der Waals surface area contributed by atoms with E-state index in [-0.39, 0.29) is 0 Å². The quantitative estimate of drug-likeness (QED) is 0.526. The fraction of sp³-hybridized carbons (Fsp3) is 0.167. The van der Waals surface area contributed by atoms with Gasteiger partial charge in [-0.3, -0.25) is 4.79 Å². The van der Waals surface area contributed by atoms with E-state index in [1.165, 1.54) is 7.11 Å². The van der Waals surface area contributed by atoms with Crippen LogP contribution in [0.5, 0.6) is 0 Å². The van der Waals surface area contributed by atoms with Crippen molar-refractivity contribution in [2.75, 3.05) is 7.11 Å². The minimum atomic E-state index is -0.853. The minimum Gasteiger partial charge on any atom is -0.463 e. The Kier molecular flexibility index (Phi) is 3.02. The van der Waals surface area contributed by atoms with Crippen molar-refractivity contribution in [2.45, 2.75) is 6.92 Å². The number of methoxy groups -OCH3 is 1. The fourth-order valence-electron chi connectivity index (χ4n) is 1.79. The highest BCUT2D eigenvalue weighted by Gasteiger charge is 2.23. The number of carbonyl (C=O) groups excluding carboxylic acids is 2. The number of hydrogen-bond donors (Lipinski definition) is 1. The number of carbonyl (C=O) groups is 2. The molecule has 0 spiro atoms. The topological polar surface area (TPSA) is 59.2 Å². The van der Waals surface area contributed by atoms with E-state index in [2.05, 4.69) is 25.7 Å². The average Bonchev–Trinajstić information content (AvgIpc) is 2.62. The van der Waals surface area contributed by atoms with Crippen LogP contribution in [0.2, 0.25) is 0 Å². The summed E-state index contributed by atoms with van der Waals surface area (Å²) in [6.45, 7) is 1.75. The summed E-state index contributed by atoms with van der Waals surface area (Å²) < 4.78 is 5.31. The molecular weight excluding hydrogens is 286 g/mol. The van der Waals surface area contributed by atoms with Crippen molar-refractivity contribution in [3.8, 4) is 0 Å². The van der Waals surface area contributed by atoms with Crippen LogP contribution < -0.4 is 0 Å². The molecule has 5 heteroatoms. The molecule has 0 amide bonds. The number of Topliss-reactive ketones (excluding diaryl/α,β-unsaturated/α-hetero) is 1. The third kappa shape index (κ3) is 1.98. The maximum Gasteiger partial charge on any atom is 0.379 e. The van der Waals surface area contributed by atoms with Gasteiger partial charge in [-0.15, -0.1) is 0 Å². The molecule has 0 aliphatic heterocycles. The first-order chi connectivity index (χ1) is 8.04. The van der Waals surface area contributed by atoms with Crippen LogP contribution in [-0.2, 0) is 9.53 Å². The van der Waals surface area contributed by atoms with Crippen LogP contribution in [0.4, 0.5) is 0 Å².